The van der Waals surface area contributed by atoms with Crippen molar-refractivity contribution in [3.05, 3.63) is 0 Å². The van der Waals surface area contributed by atoms with Crippen LogP contribution in [-0.4, -0.2) is 27.5 Å². The number of carbonyl (C=O) groups is 2. The van der Waals surface area contributed by atoms with Crippen molar-refractivity contribution < 1.29 is 19.8 Å². The molecule has 2 N–H and O–H groups in total. The second-order valence-electron chi connectivity index (χ2n) is 4.31. The molecule has 14 heavy (non-hydrogen) atoms. The van der Waals surface area contributed by atoms with Crippen LogP contribution in [0, 0.1) is 11.3 Å². The minimum absolute atomic E-state index is 0.430. The maximum Gasteiger partial charge on any atom is 0.308 e. The van der Waals surface area contributed by atoms with Crippen LogP contribution in [0.3, 0.4) is 0 Å². The molecule has 2 atom stereocenters. The lowest BCUT2D eigenvalue weighted by Crippen LogP contribution is -2.35. The van der Waals surface area contributed by atoms with Crippen LogP contribution in [0.15, 0.2) is 0 Å². The van der Waals surface area contributed by atoms with E-state index in [0.717, 1.165) is 0 Å². The fraction of sp³-hybridized carbons (Fsp3) is 0.778. The largest absolute Gasteiger partial charge is 0.481 e. The standard InChI is InChI=1S/C9H15ClO4/c1-9(2,3)7(10)5(8(13)14)4-6(11)12/h5,7H,4H2,1-3H3,(H,11,12)(H,13,14). The SMILES string of the molecule is CC(C)(C)C(Cl)C(CC(=O)O)C(=O)O. The molecule has 82 valence electrons. The third-order valence-corrected chi connectivity index (χ3v) is 2.85. The maximum atomic E-state index is 10.8. The molecule has 0 saturated carbocycles. The number of carboxylic acids is 2. The molecule has 0 saturated heterocycles. The Balaban J connectivity index is 4.66. The highest BCUT2D eigenvalue weighted by atomic mass is 35.5. The highest BCUT2D eigenvalue weighted by Gasteiger charge is 2.36. The summed E-state index contributed by atoms with van der Waals surface area (Å²) in [6.45, 7) is 5.34. The molecule has 0 spiro atoms. The van der Waals surface area contributed by atoms with Crippen LogP contribution in [-0.2, 0) is 9.59 Å². The van der Waals surface area contributed by atoms with E-state index in [4.69, 9.17) is 21.8 Å². The van der Waals surface area contributed by atoms with Gasteiger partial charge in [0.2, 0.25) is 0 Å². The monoisotopic (exact) mass is 222 g/mol. The summed E-state index contributed by atoms with van der Waals surface area (Å²) in [6.07, 6.45) is -0.444. The molecule has 5 heteroatoms. The molecule has 0 amide bonds. The molecule has 2 unspecified atom stereocenters. The molecule has 0 bridgehead atoms. The lowest BCUT2D eigenvalue weighted by atomic mass is 9.82. The number of rotatable bonds is 4. The van der Waals surface area contributed by atoms with Crippen molar-refractivity contribution in [2.24, 2.45) is 11.3 Å². The van der Waals surface area contributed by atoms with E-state index < -0.39 is 35.1 Å². The van der Waals surface area contributed by atoms with Gasteiger partial charge in [-0.05, 0) is 5.41 Å². The average Bonchev–Trinajstić information content (AvgIpc) is 1.96. The fourth-order valence-electron chi connectivity index (χ4n) is 1.11. The third-order valence-electron chi connectivity index (χ3n) is 1.89. The van der Waals surface area contributed by atoms with Crippen molar-refractivity contribution in [2.45, 2.75) is 32.6 Å². The zero-order valence-electron chi connectivity index (χ0n) is 8.45. The van der Waals surface area contributed by atoms with E-state index in [1.807, 2.05) is 0 Å². The van der Waals surface area contributed by atoms with Crippen LogP contribution in [0.5, 0.6) is 0 Å². The van der Waals surface area contributed by atoms with E-state index in [0.29, 0.717) is 0 Å². The molecule has 0 heterocycles. The molecule has 0 aromatic heterocycles. The van der Waals surface area contributed by atoms with Gasteiger partial charge in [0.25, 0.3) is 0 Å². The zero-order valence-corrected chi connectivity index (χ0v) is 9.21. The predicted molar refractivity (Wildman–Crippen MR) is 52.5 cm³/mol. The Hall–Kier alpha value is -0.770. The van der Waals surface area contributed by atoms with Crippen molar-refractivity contribution in [3.63, 3.8) is 0 Å². The van der Waals surface area contributed by atoms with Gasteiger partial charge in [-0.25, -0.2) is 0 Å². The molecule has 0 aromatic carbocycles. The molecule has 0 fully saturated rings. The van der Waals surface area contributed by atoms with Crippen LogP contribution in [0.25, 0.3) is 0 Å². The van der Waals surface area contributed by atoms with Gasteiger partial charge >= 0.3 is 11.9 Å². The molecule has 0 aliphatic rings. The first-order valence-electron chi connectivity index (χ1n) is 4.25. The third kappa shape index (κ3) is 3.96. The zero-order chi connectivity index (χ0) is 11.5. The van der Waals surface area contributed by atoms with Crippen molar-refractivity contribution in [1.82, 2.24) is 0 Å². The second-order valence-corrected chi connectivity index (χ2v) is 4.78. The van der Waals surface area contributed by atoms with E-state index in [9.17, 15) is 9.59 Å². The van der Waals surface area contributed by atoms with Gasteiger partial charge in [-0.2, -0.15) is 0 Å². The van der Waals surface area contributed by atoms with Crippen LogP contribution in [0.4, 0.5) is 0 Å². The molecular weight excluding hydrogens is 208 g/mol. The average molecular weight is 223 g/mol. The summed E-state index contributed by atoms with van der Waals surface area (Å²) in [5, 5.41) is 16.6. The van der Waals surface area contributed by atoms with Crippen molar-refractivity contribution >= 4 is 23.5 Å². The number of hydrogen-bond acceptors (Lipinski definition) is 2. The quantitative estimate of drug-likeness (QED) is 0.712. The Morgan fingerprint density at radius 1 is 1.29 bits per heavy atom. The Morgan fingerprint density at radius 3 is 1.93 bits per heavy atom. The number of alkyl halides is 1. The van der Waals surface area contributed by atoms with Gasteiger partial charge in [-0.15, -0.1) is 11.6 Å². The summed E-state index contributed by atoms with van der Waals surface area (Å²) >= 11 is 5.92. The van der Waals surface area contributed by atoms with Gasteiger partial charge in [0.15, 0.2) is 0 Å². The molecule has 4 nitrogen and oxygen atoms in total. The maximum absolute atomic E-state index is 10.8. The van der Waals surface area contributed by atoms with Crippen LogP contribution in [0.2, 0.25) is 0 Å². The van der Waals surface area contributed by atoms with Crippen LogP contribution in [0.1, 0.15) is 27.2 Å². The van der Waals surface area contributed by atoms with Crippen LogP contribution >= 0.6 is 11.6 Å². The normalized spacial score (nSPS) is 16.0. The molecule has 0 radical (unpaired) electrons. The lowest BCUT2D eigenvalue weighted by Gasteiger charge is -2.29. The van der Waals surface area contributed by atoms with Gasteiger partial charge in [-0.1, -0.05) is 20.8 Å². The van der Waals surface area contributed by atoms with Crippen LogP contribution < -0.4 is 0 Å². The minimum atomic E-state index is -1.16. The predicted octanol–water partition coefficient (Wildman–Crippen LogP) is 1.82. The molecule has 0 aliphatic carbocycles. The van der Waals surface area contributed by atoms with Gasteiger partial charge in [-0.3, -0.25) is 9.59 Å². The number of hydrogen-bond donors (Lipinski definition) is 2. The topological polar surface area (TPSA) is 74.6 Å². The summed E-state index contributed by atoms with van der Waals surface area (Å²) < 4.78 is 0. The number of carboxylic acid groups (broad SMARTS) is 2. The summed E-state index contributed by atoms with van der Waals surface area (Å²) in [5.74, 6) is -3.36. The molecular formula is C9H15ClO4. The van der Waals surface area contributed by atoms with Crippen molar-refractivity contribution in [2.75, 3.05) is 0 Å². The Morgan fingerprint density at radius 2 is 1.71 bits per heavy atom. The second kappa shape index (κ2) is 4.64. The molecule has 0 aromatic rings. The summed E-state index contributed by atoms with van der Waals surface area (Å²) in [4.78, 5) is 21.2. The van der Waals surface area contributed by atoms with Gasteiger partial charge in [0, 0.05) is 0 Å². The first kappa shape index (κ1) is 13.2. The van der Waals surface area contributed by atoms with Crippen molar-refractivity contribution in [3.8, 4) is 0 Å². The fourth-order valence-corrected chi connectivity index (χ4v) is 1.30. The molecule has 0 aliphatic heterocycles. The first-order valence-corrected chi connectivity index (χ1v) is 4.68. The van der Waals surface area contributed by atoms with Gasteiger partial charge in [0.05, 0.1) is 17.7 Å². The van der Waals surface area contributed by atoms with E-state index in [2.05, 4.69) is 0 Å². The van der Waals surface area contributed by atoms with E-state index >= 15 is 0 Å². The van der Waals surface area contributed by atoms with E-state index in [-0.39, 0.29) is 0 Å². The van der Waals surface area contributed by atoms with Gasteiger partial charge in [0.1, 0.15) is 0 Å². The lowest BCUT2D eigenvalue weighted by molar-refractivity contribution is -0.149. The Kier molecular flexibility index (Phi) is 4.39. The smallest absolute Gasteiger partial charge is 0.308 e. The highest BCUT2D eigenvalue weighted by Crippen LogP contribution is 2.32. The highest BCUT2D eigenvalue weighted by molar-refractivity contribution is 6.22. The van der Waals surface area contributed by atoms with E-state index in [1.165, 1.54) is 0 Å². The van der Waals surface area contributed by atoms with Gasteiger partial charge < -0.3 is 10.2 Å². The summed E-state index contributed by atoms with van der Waals surface area (Å²) in [6, 6.07) is 0. The first-order chi connectivity index (χ1) is 6.16. The molecule has 0 rings (SSSR count). The number of aliphatic carboxylic acids is 2. The van der Waals surface area contributed by atoms with Crippen molar-refractivity contribution in [1.29, 1.82) is 0 Å². The number of halogens is 1. The minimum Gasteiger partial charge on any atom is -0.481 e. The van der Waals surface area contributed by atoms with E-state index in [1.54, 1.807) is 20.8 Å². The summed E-state index contributed by atoms with van der Waals surface area (Å²) in [5.41, 5.74) is -0.430. The Bertz CT molecular complexity index is 231. The Labute approximate surface area is 87.9 Å². The summed E-state index contributed by atoms with van der Waals surface area (Å²) in [7, 11) is 0.